The second-order valence-corrected chi connectivity index (χ2v) is 19.3. The number of H-pyrrole nitrogens is 1. The van der Waals surface area contributed by atoms with Crippen LogP contribution < -0.4 is 24.9 Å². The van der Waals surface area contributed by atoms with Crippen molar-refractivity contribution in [1.29, 1.82) is 0 Å². The average Bonchev–Trinajstić information content (AvgIpc) is 3.73. The maximum Gasteiger partial charge on any atom is 0.268 e. The second kappa shape index (κ2) is 17.8. The van der Waals surface area contributed by atoms with Gasteiger partial charge in [-0.3, -0.25) is 9.69 Å². The first-order chi connectivity index (χ1) is 29.2. The molecule has 0 atom stereocenters. The molecule has 1 aromatic heterocycles. The Kier molecular flexibility index (Phi) is 12.4. The van der Waals surface area contributed by atoms with Gasteiger partial charge < -0.3 is 40.5 Å². The Bertz CT molecular complexity index is 2530. The summed E-state index contributed by atoms with van der Waals surface area (Å²) >= 11 is 6.24. The molecule has 322 valence electrons. The molecule has 2 aliphatic heterocycles. The number of nitrogens with one attached hydrogen (secondary N) is 4. The summed E-state index contributed by atoms with van der Waals surface area (Å²) in [6, 6.07) is 22.4. The normalized spacial score (nSPS) is 18.2. The lowest BCUT2D eigenvalue weighted by molar-refractivity contribution is -0.714. The summed E-state index contributed by atoms with van der Waals surface area (Å²) < 4.78 is 36.0. The Morgan fingerprint density at radius 3 is 2.46 bits per heavy atom. The van der Waals surface area contributed by atoms with Gasteiger partial charge in [-0.1, -0.05) is 49.2 Å². The van der Waals surface area contributed by atoms with E-state index in [0.717, 1.165) is 100 Å². The molecule has 2 fully saturated rings. The SMILES string of the molecule is CN1CCC(Nc2ccc(S(=O)(=O)NC(=O)c3ccc(N4CCN(CC5=C(c6ccc(Cl)cc6)CC(C)(C)CC5)CC4)cc3Oc3cccc4[nH]cnc34)cc2[NH+]([O-])[O-])CC1. The number of anilines is 2. The number of likely N-dealkylation sites (tertiary alicyclic amines) is 1. The fourth-order valence-corrected chi connectivity index (χ4v) is 9.73. The van der Waals surface area contributed by atoms with E-state index in [4.69, 9.17) is 16.3 Å². The Morgan fingerprint density at radius 2 is 1.72 bits per heavy atom. The lowest BCUT2D eigenvalue weighted by Crippen LogP contribution is -2.96. The first kappa shape index (κ1) is 42.7. The number of para-hydroxylation sites is 1. The molecule has 3 heterocycles. The monoisotopic (exact) mass is 867 g/mol. The summed E-state index contributed by atoms with van der Waals surface area (Å²) in [6.45, 7) is 10.4. The number of nitrogens with zero attached hydrogens (tertiary/aromatic N) is 4. The van der Waals surface area contributed by atoms with Crippen LogP contribution in [0.3, 0.4) is 0 Å². The van der Waals surface area contributed by atoms with E-state index >= 15 is 0 Å². The quantitative estimate of drug-likeness (QED) is 0.0958. The summed E-state index contributed by atoms with van der Waals surface area (Å²) in [5, 5.41) is 26.9. The van der Waals surface area contributed by atoms with Gasteiger partial charge in [0.05, 0.1) is 28.0 Å². The number of allylic oxidation sites excluding steroid dienone is 1. The first-order valence-electron chi connectivity index (χ1n) is 20.8. The number of halogens is 1. The van der Waals surface area contributed by atoms with Crippen molar-refractivity contribution in [2.75, 3.05) is 63.1 Å². The van der Waals surface area contributed by atoms with Crippen LogP contribution in [0.2, 0.25) is 5.02 Å². The molecule has 0 bridgehead atoms. The first-order valence-corrected chi connectivity index (χ1v) is 22.6. The van der Waals surface area contributed by atoms with Crippen LogP contribution in [0.15, 0.2) is 95.7 Å². The predicted octanol–water partition coefficient (Wildman–Crippen LogP) is 6.93. The summed E-state index contributed by atoms with van der Waals surface area (Å²) in [6.07, 6.45) is 6.36. The van der Waals surface area contributed by atoms with Gasteiger partial charge in [0.2, 0.25) is 0 Å². The van der Waals surface area contributed by atoms with Gasteiger partial charge >= 0.3 is 0 Å². The van der Waals surface area contributed by atoms with Crippen LogP contribution >= 0.6 is 11.6 Å². The number of aromatic nitrogens is 2. The molecule has 2 saturated heterocycles. The number of carbonyl (C=O) groups is 1. The van der Waals surface area contributed by atoms with Gasteiger partial charge in [-0.05, 0) is 117 Å². The number of amides is 1. The van der Waals surface area contributed by atoms with Crippen LogP contribution in [0.4, 0.5) is 17.1 Å². The minimum atomic E-state index is -4.54. The van der Waals surface area contributed by atoms with Crippen LogP contribution in [-0.4, -0.2) is 93.0 Å². The van der Waals surface area contributed by atoms with Gasteiger partial charge in [-0.15, -0.1) is 0 Å². The molecule has 61 heavy (non-hydrogen) atoms. The van der Waals surface area contributed by atoms with Gasteiger partial charge in [0.25, 0.3) is 15.9 Å². The Morgan fingerprint density at radius 1 is 0.967 bits per heavy atom. The number of piperidine rings is 1. The highest BCUT2D eigenvalue weighted by Crippen LogP contribution is 2.43. The second-order valence-electron chi connectivity index (χ2n) is 17.2. The van der Waals surface area contributed by atoms with E-state index in [9.17, 15) is 23.6 Å². The van der Waals surface area contributed by atoms with Crippen molar-refractivity contribution in [3.63, 3.8) is 0 Å². The van der Waals surface area contributed by atoms with Crippen LogP contribution in [0, 0.1) is 15.8 Å². The standard InChI is InChI=1S/C45H52ClN8O6S/c1-45(2)18-15-31(37(27-45)30-7-9-32(46)10-8-30)28-52-21-23-53(24-22-52)34-11-13-36(42(25-34)60-41-6-4-5-39-43(41)48-29-47-39)44(55)50-61(58,59)35-12-14-38(40(26-35)54(56)57)49-33-16-19-51(3)20-17-33/h4-14,25-26,29,33,49,54H,15-24,27-28H2,1-3H3,(H,47,48)(H,50,55)/q-1. The van der Waals surface area contributed by atoms with E-state index < -0.39 is 21.2 Å². The summed E-state index contributed by atoms with van der Waals surface area (Å²) in [5.74, 6) is -0.423. The van der Waals surface area contributed by atoms with Crippen molar-refractivity contribution in [3.8, 4) is 11.5 Å². The summed E-state index contributed by atoms with van der Waals surface area (Å²) in [5.41, 5.74) is 6.36. The van der Waals surface area contributed by atoms with Crippen molar-refractivity contribution in [2.24, 2.45) is 5.41 Å². The van der Waals surface area contributed by atoms with E-state index in [-0.39, 0.29) is 39.0 Å². The van der Waals surface area contributed by atoms with Crippen LogP contribution in [0.1, 0.15) is 61.9 Å². The number of benzene rings is 4. The molecule has 0 spiro atoms. The number of hydrogen-bond acceptors (Lipinski definition) is 11. The largest absolute Gasteiger partial charge is 0.628 e. The zero-order chi connectivity index (χ0) is 42.9. The number of ether oxygens (including phenoxy) is 1. The molecule has 0 saturated carbocycles. The third-order valence-corrected chi connectivity index (χ3v) is 13.8. The average molecular weight is 868 g/mol. The van der Waals surface area contributed by atoms with Gasteiger partial charge in [0.1, 0.15) is 11.3 Å². The molecule has 1 aliphatic carbocycles. The molecule has 4 N–H and O–H groups in total. The minimum Gasteiger partial charge on any atom is -0.628 e. The van der Waals surface area contributed by atoms with Gasteiger partial charge in [-0.25, -0.2) is 18.1 Å². The zero-order valence-corrected chi connectivity index (χ0v) is 36.2. The van der Waals surface area contributed by atoms with Gasteiger partial charge in [0, 0.05) is 61.6 Å². The van der Waals surface area contributed by atoms with Crippen LogP contribution in [0.25, 0.3) is 16.6 Å². The van der Waals surface area contributed by atoms with Crippen molar-refractivity contribution >= 4 is 61.2 Å². The summed E-state index contributed by atoms with van der Waals surface area (Å²) in [4.78, 5) is 28.0. The summed E-state index contributed by atoms with van der Waals surface area (Å²) in [7, 11) is -2.51. The molecule has 1 amide bonds. The Labute approximate surface area is 361 Å². The molecular formula is C45H52ClN8O6S-. The van der Waals surface area contributed by atoms with Crippen molar-refractivity contribution < 1.29 is 23.2 Å². The number of piperazine rings is 1. The zero-order valence-electron chi connectivity index (χ0n) is 34.7. The maximum atomic E-state index is 14.0. The number of imidazole rings is 1. The number of rotatable bonds is 12. The highest BCUT2D eigenvalue weighted by molar-refractivity contribution is 7.90. The molecule has 0 unspecified atom stereocenters. The van der Waals surface area contributed by atoms with E-state index in [0.29, 0.717) is 11.3 Å². The van der Waals surface area contributed by atoms with E-state index in [1.165, 1.54) is 28.8 Å². The minimum absolute atomic E-state index is 0.0232. The molecule has 0 radical (unpaired) electrons. The number of hydrogen-bond donors (Lipinski definition) is 4. The van der Waals surface area contributed by atoms with Gasteiger partial charge in [0.15, 0.2) is 11.4 Å². The Hall–Kier alpha value is -5.00. The molecule has 14 nitrogen and oxygen atoms in total. The smallest absolute Gasteiger partial charge is 0.268 e. The number of aromatic amines is 1. The molecule has 3 aliphatic rings. The maximum absolute atomic E-state index is 14.0. The lowest BCUT2D eigenvalue weighted by atomic mass is 9.72. The fourth-order valence-electron chi connectivity index (χ4n) is 8.61. The lowest BCUT2D eigenvalue weighted by Gasteiger charge is -2.39. The van der Waals surface area contributed by atoms with Crippen LogP contribution in [-0.2, 0) is 10.0 Å². The molecule has 4 aromatic carbocycles. The molecular weight excluding hydrogens is 816 g/mol. The predicted molar refractivity (Wildman–Crippen MR) is 240 cm³/mol. The van der Waals surface area contributed by atoms with E-state index in [1.54, 1.807) is 36.7 Å². The third kappa shape index (κ3) is 9.89. The molecule has 8 rings (SSSR count). The number of quaternary nitrogens is 1. The van der Waals surface area contributed by atoms with Crippen molar-refractivity contribution in [3.05, 3.63) is 117 Å². The van der Waals surface area contributed by atoms with E-state index in [1.807, 2.05) is 25.2 Å². The molecule has 16 heteroatoms. The van der Waals surface area contributed by atoms with Gasteiger partial charge in [-0.2, -0.15) is 0 Å². The Balaban J connectivity index is 1.02. The fraction of sp³-hybridized carbons (Fsp3) is 0.378. The van der Waals surface area contributed by atoms with Crippen molar-refractivity contribution in [2.45, 2.75) is 56.9 Å². The topological polar surface area (TPSA) is 173 Å². The third-order valence-electron chi connectivity index (χ3n) is 12.2. The van der Waals surface area contributed by atoms with Crippen molar-refractivity contribution in [1.82, 2.24) is 24.5 Å². The van der Waals surface area contributed by atoms with E-state index in [2.05, 4.69) is 60.7 Å². The number of fused-ring (bicyclic) bond motifs is 1. The molecule has 5 aromatic rings. The van der Waals surface area contributed by atoms with Crippen LogP contribution in [0.5, 0.6) is 11.5 Å². The highest BCUT2D eigenvalue weighted by Gasteiger charge is 2.30. The highest BCUT2D eigenvalue weighted by atomic mass is 35.5. The number of sulfonamides is 1. The number of carbonyl (C=O) groups excluding carboxylic acids is 1.